The molecule has 0 amide bonds. The summed E-state index contributed by atoms with van der Waals surface area (Å²) in [7, 11) is 0. The molecule has 2 atom stereocenters. The van der Waals surface area contributed by atoms with Crippen LogP contribution in [0.5, 0.6) is 0 Å². The number of aryl methyl sites for hydroxylation is 2. The lowest BCUT2D eigenvalue weighted by atomic mass is 9.75. The molecule has 10 rings (SSSR count). The first-order valence-electron chi connectivity index (χ1n) is 22.1. The number of para-hydroxylation sites is 1. The summed E-state index contributed by atoms with van der Waals surface area (Å²) in [5, 5.41) is 2.64. The average Bonchev–Trinajstić information content (AvgIpc) is 3.73. The van der Waals surface area contributed by atoms with Crippen LogP contribution < -0.4 is 0 Å². The molecule has 0 N–H and O–H groups in total. The second-order valence-electron chi connectivity index (χ2n) is 18.1. The highest BCUT2D eigenvalue weighted by molar-refractivity contribution is 6.10. The van der Waals surface area contributed by atoms with E-state index in [1.54, 1.807) is 0 Å². The third-order valence-corrected chi connectivity index (χ3v) is 13.4. The molecule has 4 aliphatic carbocycles. The number of hydrogen-bond donors (Lipinski definition) is 0. The lowest BCUT2D eigenvalue weighted by Gasteiger charge is -2.30. The third-order valence-electron chi connectivity index (χ3n) is 13.4. The lowest BCUT2D eigenvalue weighted by molar-refractivity contribution is 0.425. The van der Waals surface area contributed by atoms with Crippen LogP contribution in [0, 0.1) is 19.3 Å². The minimum atomic E-state index is -0.0579. The average molecular weight is 783 g/mol. The molecule has 0 radical (unpaired) electrons. The summed E-state index contributed by atoms with van der Waals surface area (Å²) in [6, 6.07) is 40.0. The molecule has 2 unspecified atom stereocenters. The number of fused-ring (bicyclic) bond motifs is 6. The molecular weight excluding hydrogens is 725 g/mol. The van der Waals surface area contributed by atoms with Gasteiger partial charge in [-0.15, -0.1) is 0 Å². The molecule has 1 aromatic heterocycles. The smallest absolute Gasteiger partial charge is 0.0676 e. The predicted octanol–water partition coefficient (Wildman–Crippen LogP) is 15.8. The summed E-state index contributed by atoms with van der Waals surface area (Å²) in [4.78, 5) is 4.84. The van der Waals surface area contributed by atoms with Crippen molar-refractivity contribution in [1.29, 1.82) is 0 Å². The molecule has 0 aliphatic heterocycles. The molecule has 0 spiro atoms. The van der Waals surface area contributed by atoms with E-state index >= 15 is 0 Å². The summed E-state index contributed by atoms with van der Waals surface area (Å²) >= 11 is 0. The maximum absolute atomic E-state index is 4.84. The fourth-order valence-corrected chi connectivity index (χ4v) is 10.0. The molecule has 1 heterocycles. The maximum atomic E-state index is 4.84. The molecule has 5 aromatic carbocycles. The van der Waals surface area contributed by atoms with Gasteiger partial charge in [0.2, 0.25) is 0 Å². The van der Waals surface area contributed by atoms with E-state index in [0.717, 1.165) is 44.2 Å². The van der Waals surface area contributed by atoms with E-state index in [1.807, 2.05) is 12.3 Å². The van der Waals surface area contributed by atoms with E-state index in [9.17, 15) is 0 Å². The molecule has 2 heteroatoms. The number of nitrogens with zero attached hydrogens (tertiary/aromatic N) is 2. The standard InChI is InChI=1S/C45H46N2.C13H12/c1-6-26-46-41-21-20-38-37-14-10-11-15-42(37)47(43(38)30(41)2)34-17-19-36-35-18-16-31(27-39(35)44(3,4)40(36)28-34)29-45(5)24-22-33(23-25-45)32-12-8-7-9-13-32;1-11-7-9-13(10-8-11)12-5-3-2-4-6-12/h7-8,10-12,14-16,18-24,26-28,34H,6,9,13,17,25,29H2,1-5H3;2-10H,1H3. The minimum absolute atomic E-state index is 0.0579. The van der Waals surface area contributed by atoms with Gasteiger partial charge in [-0.2, -0.15) is 0 Å². The van der Waals surface area contributed by atoms with E-state index < -0.39 is 0 Å². The third kappa shape index (κ3) is 7.42. The normalized spacial score (nSPS) is 20.3. The minimum Gasteiger partial charge on any atom is -0.333 e. The second kappa shape index (κ2) is 16.2. The highest BCUT2D eigenvalue weighted by Gasteiger charge is 2.40. The Balaban J connectivity index is 0.000000303. The van der Waals surface area contributed by atoms with Crippen molar-refractivity contribution in [1.82, 2.24) is 4.57 Å². The monoisotopic (exact) mass is 782 g/mol. The molecule has 0 saturated carbocycles. The SMILES string of the molecule is CCC=Nc1ccc2c3ccccc3n(C3C=C4C(=CC3)c3ccc(CC5(C)C=CC(C6=CC=CCC6)=CC5)cc3C4(C)C)c2c1C.Cc1ccc(-c2ccccc2)cc1. The molecule has 0 fully saturated rings. The van der Waals surface area contributed by atoms with E-state index in [4.69, 9.17) is 4.99 Å². The highest BCUT2D eigenvalue weighted by atomic mass is 15.0. The zero-order valence-electron chi connectivity index (χ0n) is 36.3. The van der Waals surface area contributed by atoms with Crippen molar-refractivity contribution in [3.05, 3.63) is 202 Å². The largest absolute Gasteiger partial charge is 0.333 e. The Labute approximate surface area is 357 Å². The Morgan fingerprint density at radius 1 is 0.817 bits per heavy atom. The molecule has 60 heavy (non-hydrogen) atoms. The molecule has 6 aromatic rings. The van der Waals surface area contributed by atoms with E-state index in [0.29, 0.717) is 0 Å². The van der Waals surface area contributed by atoms with E-state index in [-0.39, 0.29) is 16.9 Å². The Morgan fingerprint density at radius 2 is 1.60 bits per heavy atom. The number of hydrogen-bond acceptors (Lipinski definition) is 1. The summed E-state index contributed by atoms with van der Waals surface area (Å²) in [5.41, 5.74) is 19.0. The summed E-state index contributed by atoms with van der Waals surface area (Å²) in [6.07, 6.45) is 27.6. The van der Waals surface area contributed by atoms with Gasteiger partial charge >= 0.3 is 0 Å². The van der Waals surface area contributed by atoms with Gasteiger partial charge in [0.15, 0.2) is 0 Å². The van der Waals surface area contributed by atoms with Crippen LogP contribution in [0.25, 0.3) is 38.5 Å². The zero-order chi connectivity index (χ0) is 41.4. The lowest BCUT2D eigenvalue weighted by Crippen LogP contribution is -2.20. The Bertz CT molecular complexity index is 2810. The van der Waals surface area contributed by atoms with Crippen LogP contribution in [0.2, 0.25) is 0 Å². The van der Waals surface area contributed by atoms with Crippen LogP contribution in [0.15, 0.2) is 180 Å². The number of rotatable bonds is 7. The van der Waals surface area contributed by atoms with Crippen LogP contribution in [0.1, 0.15) is 93.7 Å². The molecule has 0 bridgehead atoms. The van der Waals surface area contributed by atoms with Crippen LogP contribution in [0.3, 0.4) is 0 Å². The number of allylic oxidation sites excluding steroid dienone is 12. The van der Waals surface area contributed by atoms with Gasteiger partial charge in [0.05, 0.1) is 17.2 Å². The van der Waals surface area contributed by atoms with Crippen LogP contribution in [0.4, 0.5) is 5.69 Å². The number of aromatic nitrogens is 1. The molecular formula is C58H58N2. The van der Waals surface area contributed by atoms with E-state index in [2.05, 4.69) is 198 Å². The first-order valence-corrected chi connectivity index (χ1v) is 22.1. The maximum Gasteiger partial charge on any atom is 0.0676 e. The first kappa shape index (κ1) is 39.5. The number of benzene rings is 5. The van der Waals surface area contributed by atoms with Gasteiger partial charge in [0.25, 0.3) is 0 Å². The van der Waals surface area contributed by atoms with E-state index in [1.165, 1.54) is 83.0 Å². The fraction of sp³-hybridized carbons (Fsp3) is 0.259. The summed E-state index contributed by atoms with van der Waals surface area (Å²) in [6.45, 7) is 13.8. The van der Waals surface area contributed by atoms with Crippen molar-refractivity contribution >= 4 is 39.3 Å². The molecule has 300 valence electrons. The summed E-state index contributed by atoms with van der Waals surface area (Å²) < 4.78 is 2.60. The van der Waals surface area contributed by atoms with Crippen LogP contribution >= 0.6 is 0 Å². The number of aliphatic imine (C=N–C) groups is 1. The Hall–Kier alpha value is -5.99. The second-order valence-corrected chi connectivity index (χ2v) is 18.1. The molecule has 4 aliphatic rings. The van der Waals surface area contributed by atoms with Crippen LogP contribution in [-0.4, -0.2) is 10.8 Å². The van der Waals surface area contributed by atoms with Gasteiger partial charge < -0.3 is 4.57 Å². The highest BCUT2D eigenvalue weighted by Crippen LogP contribution is 2.54. The Kier molecular flexibility index (Phi) is 10.7. The van der Waals surface area contributed by atoms with Crippen molar-refractivity contribution in [3.63, 3.8) is 0 Å². The van der Waals surface area contributed by atoms with Gasteiger partial charge in [-0.25, -0.2) is 0 Å². The Morgan fingerprint density at radius 3 is 2.35 bits per heavy atom. The van der Waals surface area contributed by atoms with Crippen molar-refractivity contribution in [3.8, 4) is 11.1 Å². The topological polar surface area (TPSA) is 17.3 Å². The quantitative estimate of drug-likeness (QED) is 0.144. The van der Waals surface area contributed by atoms with Gasteiger partial charge in [-0.3, -0.25) is 4.99 Å². The molecule has 0 saturated heterocycles. The first-order chi connectivity index (χ1) is 29.1. The van der Waals surface area contributed by atoms with Crippen molar-refractivity contribution < 1.29 is 0 Å². The van der Waals surface area contributed by atoms with Crippen molar-refractivity contribution in [2.45, 2.75) is 91.5 Å². The fourth-order valence-electron chi connectivity index (χ4n) is 10.0. The molecule has 2 nitrogen and oxygen atoms in total. The van der Waals surface area contributed by atoms with Gasteiger partial charge in [0.1, 0.15) is 0 Å². The van der Waals surface area contributed by atoms with Gasteiger partial charge in [-0.05, 0) is 126 Å². The van der Waals surface area contributed by atoms with Crippen molar-refractivity contribution in [2.75, 3.05) is 0 Å². The predicted molar refractivity (Wildman–Crippen MR) is 259 cm³/mol. The van der Waals surface area contributed by atoms with Crippen LogP contribution in [-0.2, 0) is 11.8 Å². The van der Waals surface area contributed by atoms with Gasteiger partial charge in [-0.1, -0.05) is 179 Å². The zero-order valence-corrected chi connectivity index (χ0v) is 36.3. The summed E-state index contributed by atoms with van der Waals surface area (Å²) in [5.74, 6) is 0. The van der Waals surface area contributed by atoms with Gasteiger partial charge in [0, 0.05) is 27.9 Å². The van der Waals surface area contributed by atoms with Crippen molar-refractivity contribution in [2.24, 2.45) is 10.4 Å².